The van der Waals surface area contributed by atoms with Gasteiger partial charge in [0.05, 0.1) is 34.9 Å². The number of rotatable bonds is 3. The minimum atomic E-state index is 0.582. The standard InChI is InChI=1S/C12H9ClN2O/c13-11-2-1-9(6-14)5-12(11)15-7-10-3-4-16-8-10/h1-5,8,15H,7H2. The highest BCUT2D eigenvalue weighted by Gasteiger charge is 2.02. The molecule has 0 spiro atoms. The van der Waals surface area contributed by atoms with E-state index >= 15 is 0 Å². The first-order valence-electron chi connectivity index (χ1n) is 4.74. The van der Waals surface area contributed by atoms with Gasteiger partial charge in [-0.05, 0) is 24.3 Å². The van der Waals surface area contributed by atoms with Crippen molar-refractivity contribution in [3.63, 3.8) is 0 Å². The van der Waals surface area contributed by atoms with Gasteiger partial charge in [-0.2, -0.15) is 5.26 Å². The smallest absolute Gasteiger partial charge is 0.0992 e. The summed E-state index contributed by atoms with van der Waals surface area (Å²) in [6.45, 7) is 0.616. The van der Waals surface area contributed by atoms with Crippen LogP contribution in [0.3, 0.4) is 0 Å². The fourth-order valence-electron chi connectivity index (χ4n) is 1.32. The van der Waals surface area contributed by atoms with Gasteiger partial charge in [-0.15, -0.1) is 0 Å². The lowest BCUT2D eigenvalue weighted by molar-refractivity contribution is 0.564. The van der Waals surface area contributed by atoms with Gasteiger partial charge < -0.3 is 9.73 Å². The van der Waals surface area contributed by atoms with Gasteiger partial charge in [0.25, 0.3) is 0 Å². The van der Waals surface area contributed by atoms with Crippen LogP contribution in [0.4, 0.5) is 5.69 Å². The average molecular weight is 233 g/mol. The van der Waals surface area contributed by atoms with Crippen molar-refractivity contribution in [3.05, 3.63) is 52.9 Å². The van der Waals surface area contributed by atoms with E-state index in [0.29, 0.717) is 17.1 Å². The second-order valence-electron chi connectivity index (χ2n) is 3.29. The summed E-state index contributed by atoms with van der Waals surface area (Å²) in [5, 5.41) is 12.5. The highest BCUT2D eigenvalue weighted by molar-refractivity contribution is 6.33. The van der Waals surface area contributed by atoms with Crippen molar-refractivity contribution >= 4 is 17.3 Å². The lowest BCUT2D eigenvalue weighted by Crippen LogP contribution is -1.99. The molecule has 0 amide bonds. The van der Waals surface area contributed by atoms with Gasteiger partial charge in [0.2, 0.25) is 0 Å². The number of furan rings is 1. The SMILES string of the molecule is N#Cc1ccc(Cl)c(NCc2ccoc2)c1. The number of benzene rings is 1. The molecule has 0 aliphatic carbocycles. The van der Waals surface area contributed by atoms with Gasteiger partial charge in [0.1, 0.15) is 0 Å². The molecule has 2 aromatic rings. The third-order valence-electron chi connectivity index (χ3n) is 2.16. The fraction of sp³-hybridized carbons (Fsp3) is 0.0833. The maximum Gasteiger partial charge on any atom is 0.0992 e. The quantitative estimate of drug-likeness (QED) is 0.882. The number of halogens is 1. The predicted octanol–water partition coefficient (Wildman–Crippen LogP) is 3.42. The minimum Gasteiger partial charge on any atom is -0.472 e. The minimum absolute atomic E-state index is 0.582. The molecule has 80 valence electrons. The summed E-state index contributed by atoms with van der Waals surface area (Å²) in [6.07, 6.45) is 3.28. The Balaban J connectivity index is 2.12. The molecule has 4 heteroatoms. The molecule has 0 fully saturated rings. The van der Waals surface area contributed by atoms with Crippen LogP contribution in [0.25, 0.3) is 0 Å². The number of nitriles is 1. The fourth-order valence-corrected chi connectivity index (χ4v) is 1.51. The Morgan fingerprint density at radius 1 is 1.38 bits per heavy atom. The first-order valence-corrected chi connectivity index (χ1v) is 5.12. The summed E-state index contributed by atoms with van der Waals surface area (Å²) in [5.74, 6) is 0. The van der Waals surface area contributed by atoms with Crippen molar-refractivity contribution in [1.29, 1.82) is 5.26 Å². The third-order valence-corrected chi connectivity index (χ3v) is 2.49. The highest BCUT2D eigenvalue weighted by atomic mass is 35.5. The Kier molecular flexibility index (Phi) is 3.13. The molecule has 0 unspecified atom stereocenters. The van der Waals surface area contributed by atoms with Gasteiger partial charge in [0.15, 0.2) is 0 Å². The topological polar surface area (TPSA) is 49.0 Å². The van der Waals surface area contributed by atoms with Crippen molar-refractivity contribution in [2.24, 2.45) is 0 Å². The molecule has 0 aliphatic rings. The summed E-state index contributed by atoms with van der Waals surface area (Å²) >= 11 is 6.00. The van der Waals surface area contributed by atoms with Gasteiger partial charge in [0, 0.05) is 12.1 Å². The van der Waals surface area contributed by atoms with Crippen molar-refractivity contribution in [2.75, 3.05) is 5.32 Å². The van der Waals surface area contributed by atoms with Crippen molar-refractivity contribution < 1.29 is 4.42 Å². The summed E-state index contributed by atoms with van der Waals surface area (Å²) in [6, 6.07) is 9.06. The Labute approximate surface area is 98.3 Å². The van der Waals surface area contributed by atoms with Crippen LogP contribution >= 0.6 is 11.6 Å². The van der Waals surface area contributed by atoms with Crippen LogP contribution in [0, 0.1) is 11.3 Å². The molecule has 1 N–H and O–H groups in total. The predicted molar refractivity (Wildman–Crippen MR) is 62.2 cm³/mol. The van der Waals surface area contributed by atoms with Crippen LogP contribution in [0.2, 0.25) is 5.02 Å². The molecular weight excluding hydrogens is 224 g/mol. The molecule has 1 heterocycles. The van der Waals surface area contributed by atoms with Crippen LogP contribution in [-0.2, 0) is 6.54 Å². The average Bonchev–Trinajstić information content (AvgIpc) is 2.81. The van der Waals surface area contributed by atoms with Gasteiger partial charge in [-0.25, -0.2) is 0 Å². The number of hydrogen-bond acceptors (Lipinski definition) is 3. The molecule has 0 bridgehead atoms. The van der Waals surface area contributed by atoms with Crippen molar-refractivity contribution in [1.82, 2.24) is 0 Å². The number of nitrogens with zero attached hydrogens (tertiary/aromatic N) is 1. The molecule has 0 saturated heterocycles. The Hall–Kier alpha value is -1.92. The van der Waals surface area contributed by atoms with Crippen LogP contribution in [0.1, 0.15) is 11.1 Å². The zero-order valence-electron chi connectivity index (χ0n) is 8.40. The molecule has 1 aromatic heterocycles. The van der Waals surface area contributed by atoms with Crippen molar-refractivity contribution in [3.8, 4) is 6.07 Å². The van der Waals surface area contributed by atoms with Crippen LogP contribution in [0.15, 0.2) is 41.2 Å². The van der Waals surface area contributed by atoms with Crippen molar-refractivity contribution in [2.45, 2.75) is 6.54 Å². The first kappa shape index (κ1) is 10.6. The van der Waals surface area contributed by atoms with Gasteiger partial charge >= 0.3 is 0 Å². The third kappa shape index (κ3) is 2.36. The second-order valence-corrected chi connectivity index (χ2v) is 3.70. The van der Waals surface area contributed by atoms with Crippen LogP contribution in [0.5, 0.6) is 0 Å². The summed E-state index contributed by atoms with van der Waals surface area (Å²) in [7, 11) is 0. The maximum absolute atomic E-state index is 8.77. The lowest BCUT2D eigenvalue weighted by Gasteiger charge is -2.07. The Bertz CT molecular complexity index is 514. The molecule has 0 atom stereocenters. The van der Waals surface area contributed by atoms with E-state index in [1.165, 1.54) is 0 Å². The summed E-state index contributed by atoms with van der Waals surface area (Å²) < 4.78 is 4.95. The van der Waals surface area contributed by atoms with E-state index in [-0.39, 0.29) is 0 Å². The zero-order valence-corrected chi connectivity index (χ0v) is 9.16. The molecule has 0 aliphatic heterocycles. The van der Waals surface area contributed by atoms with E-state index in [4.69, 9.17) is 21.3 Å². The van der Waals surface area contributed by atoms with E-state index in [0.717, 1.165) is 11.3 Å². The molecule has 0 radical (unpaired) electrons. The van der Waals surface area contributed by atoms with Crippen LogP contribution in [-0.4, -0.2) is 0 Å². The maximum atomic E-state index is 8.77. The molecule has 2 rings (SSSR count). The molecular formula is C12H9ClN2O. The Morgan fingerprint density at radius 3 is 2.94 bits per heavy atom. The van der Waals surface area contributed by atoms with E-state index in [1.807, 2.05) is 6.07 Å². The number of nitrogens with one attached hydrogen (secondary N) is 1. The monoisotopic (exact) mass is 232 g/mol. The second kappa shape index (κ2) is 4.73. The summed E-state index contributed by atoms with van der Waals surface area (Å²) in [5.41, 5.74) is 2.36. The highest BCUT2D eigenvalue weighted by Crippen LogP contribution is 2.23. The van der Waals surface area contributed by atoms with E-state index in [2.05, 4.69) is 11.4 Å². The molecule has 3 nitrogen and oxygen atoms in total. The molecule has 1 aromatic carbocycles. The Morgan fingerprint density at radius 2 is 2.25 bits per heavy atom. The first-order chi connectivity index (χ1) is 7.79. The van der Waals surface area contributed by atoms with E-state index in [9.17, 15) is 0 Å². The lowest BCUT2D eigenvalue weighted by atomic mass is 10.2. The normalized spacial score (nSPS) is 9.75. The van der Waals surface area contributed by atoms with E-state index < -0.39 is 0 Å². The number of anilines is 1. The van der Waals surface area contributed by atoms with E-state index in [1.54, 1.807) is 30.7 Å². The van der Waals surface area contributed by atoms with Gasteiger partial charge in [-0.3, -0.25) is 0 Å². The summed E-state index contributed by atoms with van der Waals surface area (Å²) in [4.78, 5) is 0. The van der Waals surface area contributed by atoms with Gasteiger partial charge in [-0.1, -0.05) is 11.6 Å². The largest absolute Gasteiger partial charge is 0.472 e. The molecule has 16 heavy (non-hydrogen) atoms. The molecule has 0 saturated carbocycles. The zero-order chi connectivity index (χ0) is 11.4. The van der Waals surface area contributed by atoms with Crippen LogP contribution < -0.4 is 5.32 Å². The number of hydrogen-bond donors (Lipinski definition) is 1.